The summed E-state index contributed by atoms with van der Waals surface area (Å²) in [6, 6.07) is 2.41. The minimum absolute atomic E-state index is 0.221. The van der Waals surface area contributed by atoms with Crippen LogP contribution in [0.4, 0.5) is 11.6 Å². The first kappa shape index (κ1) is 13.9. The van der Waals surface area contributed by atoms with E-state index in [9.17, 15) is 0 Å². The number of hydrogen-bond acceptors (Lipinski definition) is 7. The van der Waals surface area contributed by atoms with E-state index in [0.29, 0.717) is 17.0 Å². The smallest absolute Gasteiger partial charge is 0.191 e. The van der Waals surface area contributed by atoms with Crippen molar-refractivity contribution in [3.8, 4) is 0 Å². The molecule has 6 nitrogen and oxygen atoms in total. The zero-order chi connectivity index (χ0) is 13.9. The maximum Gasteiger partial charge on any atom is 0.191 e. The third kappa shape index (κ3) is 3.16. The van der Waals surface area contributed by atoms with E-state index in [0.717, 1.165) is 25.5 Å². The summed E-state index contributed by atoms with van der Waals surface area (Å²) in [4.78, 5) is 11.1. The Morgan fingerprint density at radius 1 is 1.55 bits per heavy atom. The molecule has 110 valence electrons. The Balaban J connectivity index is 1.55. The average Bonchev–Trinajstić information content (AvgIpc) is 2.92. The molecule has 2 saturated heterocycles. The van der Waals surface area contributed by atoms with Crippen LogP contribution in [0.1, 0.15) is 12.8 Å². The van der Waals surface area contributed by atoms with Crippen molar-refractivity contribution in [1.82, 2.24) is 14.9 Å². The second-order valence-electron chi connectivity index (χ2n) is 5.29. The molecule has 20 heavy (non-hydrogen) atoms. The molecule has 0 aromatic carbocycles. The van der Waals surface area contributed by atoms with E-state index < -0.39 is 0 Å². The second-order valence-corrected chi connectivity index (χ2v) is 6.07. The largest absolute Gasteiger partial charge is 0.383 e. The third-order valence-electron chi connectivity index (χ3n) is 3.88. The van der Waals surface area contributed by atoms with Crippen LogP contribution in [0.15, 0.2) is 11.2 Å². The van der Waals surface area contributed by atoms with Crippen molar-refractivity contribution >= 4 is 23.4 Å². The van der Waals surface area contributed by atoms with Crippen LogP contribution in [0.5, 0.6) is 0 Å². The Morgan fingerprint density at radius 3 is 3.30 bits per heavy atom. The van der Waals surface area contributed by atoms with Gasteiger partial charge in [0.1, 0.15) is 11.6 Å². The SMILES string of the molecule is CSc1nc(N)cc(NCC2CN3CCCC3CO2)n1. The summed E-state index contributed by atoms with van der Waals surface area (Å²) in [6.45, 7) is 3.83. The first-order valence-electron chi connectivity index (χ1n) is 7.02. The number of morpholine rings is 1. The van der Waals surface area contributed by atoms with E-state index in [4.69, 9.17) is 10.5 Å². The number of nitrogens with one attached hydrogen (secondary N) is 1. The molecule has 0 saturated carbocycles. The summed E-state index contributed by atoms with van der Waals surface area (Å²) in [7, 11) is 0. The van der Waals surface area contributed by atoms with E-state index in [1.54, 1.807) is 6.07 Å². The van der Waals surface area contributed by atoms with Gasteiger partial charge in [-0.2, -0.15) is 0 Å². The monoisotopic (exact) mass is 295 g/mol. The Hall–Kier alpha value is -1.05. The summed E-state index contributed by atoms with van der Waals surface area (Å²) >= 11 is 1.49. The van der Waals surface area contributed by atoms with Crippen LogP contribution >= 0.6 is 11.8 Å². The van der Waals surface area contributed by atoms with E-state index in [1.165, 1.54) is 31.1 Å². The fourth-order valence-electron chi connectivity index (χ4n) is 2.85. The van der Waals surface area contributed by atoms with Gasteiger partial charge in [-0.3, -0.25) is 4.90 Å². The topological polar surface area (TPSA) is 76.3 Å². The molecule has 0 bridgehead atoms. The van der Waals surface area contributed by atoms with Crippen LogP contribution in [-0.2, 0) is 4.74 Å². The Bertz CT molecular complexity index is 472. The normalized spacial score (nSPS) is 26.4. The number of hydrogen-bond donors (Lipinski definition) is 2. The molecule has 2 aliphatic rings. The van der Waals surface area contributed by atoms with Crippen LogP contribution in [-0.4, -0.2) is 59.5 Å². The van der Waals surface area contributed by atoms with Crippen LogP contribution in [0.25, 0.3) is 0 Å². The molecule has 2 fully saturated rings. The first-order valence-corrected chi connectivity index (χ1v) is 8.25. The molecule has 1 aromatic heterocycles. The van der Waals surface area contributed by atoms with Gasteiger partial charge in [-0.25, -0.2) is 9.97 Å². The Labute approximate surface area is 123 Å². The van der Waals surface area contributed by atoms with Gasteiger partial charge < -0.3 is 15.8 Å². The number of anilines is 2. The van der Waals surface area contributed by atoms with Gasteiger partial charge >= 0.3 is 0 Å². The first-order chi connectivity index (χ1) is 9.74. The van der Waals surface area contributed by atoms with Gasteiger partial charge in [0.15, 0.2) is 5.16 Å². The molecule has 0 aliphatic carbocycles. The summed E-state index contributed by atoms with van der Waals surface area (Å²) < 4.78 is 5.92. The van der Waals surface area contributed by atoms with Gasteiger partial charge in [-0.1, -0.05) is 11.8 Å². The highest BCUT2D eigenvalue weighted by atomic mass is 32.2. The van der Waals surface area contributed by atoms with Crippen LogP contribution < -0.4 is 11.1 Å². The molecule has 3 rings (SSSR count). The standard InChI is InChI=1S/C13H21N5OS/c1-20-13-16-11(14)5-12(17-13)15-6-10-7-18-4-2-3-9(18)8-19-10/h5,9-10H,2-4,6-8H2,1H3,(H3,14,15,16,17). The predicted octanol–water partition coefficient (Wildman–Crippen LogP) is 1.06. The maximum atomic E-state index is 5.92. The lowest BCUT2D eigenvalue weighted by atomic mass is 10.2. The molecule has 0 spiro atoms. The van der Waals surface area contributed by atoms with Crippen LogP contribution in [0, 0.1) is 0 Å². The van der Waals surface area contributed by atoms with Gasteiger partial charge in [-0.15, -0.1) is 0 Å². The molecule has 3 heterocycles. The Morgan fingerprint density at radius 2 is 2.45 bits per heavy atom. The fraction of sp³-hybridized carbons (Fsp3) is 0.692. The molecular weight excluding hydrogens is 274 g/mol. The highest BCUT2D eigenvalue weighted by Crippen LogP contribution is 2.23. The number of aromatic nitrogens is 2. The van der Waals surface area contributed by atoms with Gasteiger partial charge in [0.2, 0.25) is 0 Å². The van der Waals surface area contributed by atoms with E-state index in [-0.39, 0.29) is 6.10 Å². The van der Waals surface area contributed by atoms with Gasteiger partial charge in [0.05, 0.1) is 12.7 Å². The highest BCUT2D eigenvalue weighted by molar-refractivity contribution is 7.98. The van der Waals surface area contributed by atoms with Crippen molar-refractivity contribution in [3.63, 3.8) is 0 Å². The highest BCUT2D eigenvalue weighted by Gasteiger charge is 2.31. The minimum Gasteiger partial charge on any atom is -0.383 e. The summed E-state index contributed by atoms with van der Waals surface area (Å²) in [5, 5.41) is 4.01. The van der Waals surface area contributed by atoms with Crippen molar-refractivity contribution in [3.05, 3.63) is 6.07 Å². The number of fused-ring (bicyclic) bond motifs is 1. The van der Waals surface area contributed by atoms with Gasteiger partial charge in [0.25, 0.3) is 0 Å². The maximum absolute atomic E-state index is 5.92. The van der Waals surface area contributed by atoms with Gasteiger partial charge in [0, 0.05) is 25.2 Å². The van der Waals surface area contributed by atoms with Crippen molar-refractivity contribution in [2.45, 2.75) is 30.1 Å². The molecule has 2 aliphatic heterocycles. The summed E-state index contributed by atoms with van der Waals surface area (Å²) in [6.07, 6.45) is 4.74. The molecule has 2 atom stereocenters. The number of thioether (sulfide) groups is 1. The number of ether oxygens (including phenoxy) is 1. The number of rotatable bonds is 4. The molecule has 1 aromatic rings. The van der Waals surface area contributed by atoms with Crippen molar-refractivity contribution in [1.29, 1.82) is 0 Å². The van der Waals surface area contributed by atoms with Crippen molar-refractivity contribution in [2.75, 3.05) is 43.5 Å². The molecular formula is C13H21N5OS. The zero-order valence-corrected chi connectivity index (χ0v) is 12.5. The van der Waals surface area contributed by atoms with E-state index >= 15 is 0 Å². The van der Waals surface area contributed by atoms with Crippen LogP contribution in [0.2, 0.25) is 0 Å². The summed E-state index contributed by atoms with van der Waals surface area (Å²) in [5.41, 5.74) is 5.77. The number of nitrogens with zero attached hydrogens (tertiary/aromatic N) is 3. The molecule has 3 N–H and O–H groups in total. The quantitative estimate of drug-likeness (QED) is 0.635. The number of nitrogen functional groups attached to an aromatic ring is 1. The molecule has 0 radical (unpaired) electrons. The molecule has 2 unspecified atom stereocenters. The predicted molar refractivity (Wildman–Crippen MR) is 81.1 cm³/mol. The molecule has 0 amide bonds. The minimum atomic E-state index is 0.221. The van der Waals surface area contributed by atoms with Gasteiger partial charge in [-0.05, 0) is 25.6 Å². The van der Waals surface area contributed by atoms with Crippen molar-refractivity contribution < 1.29 is 4.74 Å². The van der Waals surface area contributed by atoms with Crippen molar-refractivity contribution in [2.24, 2.45) is 0 Å². The second kappa shape index (κ2) is 6.15. The van der Waals surface area contributed by atoms with Crippen LogP contribution in [0.3, 0.4) is 0 Å². The lowest BCUT2D eigenvalue weighted by Gasteiger charge is -2.35. The summed E-state index contributed by atoms with van der Waals surface area (Å²) in [5.74, 6) is 1.27. The lowest BCUT2D eigenvalue weighted by molar-refractivity contribution is -0.0416. The lowest BCUT2D eigenvalue weighted by Crippen LogP contribution is -2.48. The molecule has 7 heteroatoms. The Kier molecular flexibility index (Phi) is 4.28. The third-order valence-corrected chi connectivity index (χ3v) is 4.43. The van der Waals surface area contributed by atoms with E-state index in [2.05, 4.69) is 20.2 Å². The average molecular weight is 295 g/mol. The zero-order valence-electron chi connectivity index (χ0n) is 11.7. The van der Waals surface area contributed by atoms with E-state index in [1.807, 2.05) is 6.26 Å². The fourth-order valence-corrected chi connectivity index (χ4v) is 3.24. The number of nitrogens with two attached hydrogens (primary N) is 1.